The third-order valence-electron chi connectivity index (χ3n) is 3.87. The lowest BCUT2D eigenvalue weighted by Crippen LogP contribution is -2.23. The van der Waals surface area contributed by atoms with Crippen LogP contribution in [0.25, 0.3) is 5.69 Å². The summed E-state index contributed by atoms with van der Waals surface area (Å²) >= 11 is 0. The lowest BCUT2D eigenvalue weighted by molar-refractivity contribution is -0.139. The van der Waals surface area contributed by atoms with Gasteiger partial charge in [0.05, 0.1) is 11.3 Å². The van der Waals surface area contributed by atoms with E-state index in [1.165, 1.54) is 28.8 Å². The van der Waals surface area contributed by atoms with E-state index in [1.54, 1.807) is 42.5 Å². The first-order valence-corrected chi connectivity index (χ1v) is 8.03. The fraction of sp³-hybridized carbons (Fsp3) is 0.0500. The molecule has 3 N–H and O–H groups in total. The van der Waals surface area contributed by atoms with Gasteiger partial charge in [0.2, 0.25) is 0 Å². The zero-order chi connectivity index (χ0) is 19.4. The van der Waals surface area contributed by atoms with Crippen LogP contribution in [0, 0.1) is 0 Å². The lowest BCUT2D eigenvalue weighted by Gasteiger charge is -2.13. The number of aliphatic carboxylic acids is 1. The summed E-state index contributed by atoms with van der Waals surface area (Å²) in [5.74, 6) is -1.02. The van der Waals surface area contributed by atoms with Gasteiger partial charge in [0.1, 0.15) is 11.6 Å². The molecule has 0 radical (unpaired) electrons. The van der Waals surface area contributed by atoms with Crippen LogP contribution in [0.3, 0.4) is 0 Å². The molecule has 1 aromatic heterocycles. The predicted octanol–water partition coefficient (Wildman–Crippen LogP) is 2.11. The van der Waals surface area contributed by atoms with Crippen molar-refractivity contribution in [3.05, 3.63) is 88.2 Å². The highest BCUT2D eigenvalue weighted by Crippen LogP contribution is 2.20. The van der Waals surface area contributed by atoms with Crippen LogP contribution in [0.2, 0.25) is 0 Å². The zero-order valence-corrected chi connectivity index (χ0v) is 14.2. The second-order valence-electron chi connectivity index (χ2n) is 5.68. The fourth-order valence-electron chi connectivity index (χ4n) is 2.59. The SMILES string of the molecule is Nc1c(C(=O)c2ccccc2)ccc(=O)n1-c1ccc(OCC(=O)O)cc1. The molecule has 0 unspecified atom stereocenters. The highest BCUT2D eigenvalue weighted by Gasteiger charge is 2.16. The molecule has 7 heteroatoms. The van der Waals surface area contributed by atoms with Gasteiger partial charge in [-0.25, -0.2) is 4.79 Å². The smallest absolute Gasteiger partial charge is 0.341 e. The number of ether oxygens (including phenoxy) is 1. The van der Waals surface area contributed by atoms with Crippen LogP contribution >= 0.6 is 0 Å². The first kappa shape index (κ1) is 17.9. The largest absolute Gasteiger partial charge is 0.482 e. The highest BCUT2D eigenvalue weighted by molar-refractivity contribution is 6.11. The van der Waals surface area contributed by atoms with Crippen molar-refractivity contribution in [2.45, 2.75) is 0 Å². The average Bonchev–Trinajstić information content (AvgIpc) is 2.67. The van der Waals surface area contributed by atoms with Gasteiger partial charge in [-0.15, -0.1) is 0 Å². The Morgan fingerprint density at radius 2 is 1.63 bits per heavy atom. The highest BCUT2D eigenvalue weighted by atomic mass is 16.5. The summed E-state index contributed by atoms with van der Waals surface area (Å²) < 4.78 is 6.29. The zero-order valence-electron chi connectivity index (χ0n) is 14.2. The number of nitrogens with zero attached hydrogens (tertiary/aromatic N) is 1. The minimum absolute atomic E-state index is 0.0237. The number of hydrogen-bond acceptors (Lipinski definition) is 5. The van der Waals surface area contributed by atoms with E-state index >= 15 is 0 Å². The molecule has 3 aromatic rings. The standard InChI is InChI=1S/C20H16N2O5/c21-20-16(19(26)13-4-2-1-3-5-13)10-11-17(23)22(20)14-6-8-15(9-7-14)27-12-18(24)25/h1-11H,12,21H2,(H,24,25). The molecule has 0 atom stereocenters. The summed E-state index contributed by atoms with van der Waals surface area (Å²) in [6, 6.07) is 17.5. The summed E-state index contributed by atoms with van der Waals surface area (Å²) in [5, 5.41) is 8.64. The van der Waals surface area contributed by atoms with Crippen LogP contribution in [0.1, 0.15) is 15.9 Å². The van der Waals surface area contributed by atoms with Crippen molar-refractivity contribution < 1.29 is 19.4 Å². The number of aromatic nitrogens is 1. The first-order valence-electron chi connectivity index (χ1n) is 8.03. The molecule has 3 rings (SSSR count). The van der Waals surface area contributed by atoms with E-state index in [2.05, 4.69) is 0 Å². The Labute approximate surface area is 154 Å². The summed E-state index contributed by atoms with van der Waals surface area (Å²) in [7, 11) is 0. The summed E-state index contributed by atoms with van der Waals surface area (Å²) in [4.78, 5) is 35.6. The van der Waals surface area contributed by atoms with Crippen molar-refractivity contribution in [1.29, 1.82) is 0 Å². The number of carboxylic acids is 1. The molecule has 0 aliphatic heterocycles. The number of ketones is 1. The number of benzene rings is 2. The Hall–Kier alpha value is -3.87. The van der Waals surface area contributed by atoms with Crippen molar-refractivity contribution in [3.63, 3.8) is 0 Å². The summed E-state index contributed by atoms with van der Waals surface area (Å²) in [6.45, 7) is -0.470. The van der Waals surface area contributed by atoms with Crippen LogP contribution in [-0.4, -0.2) is 28.0 Å². The average molecular weight is 364 g/mol. The number of pyridine rings is 1. The molecular weight excluding hydrogens is 348 g/mol. The van der Waals surface area contributed by atoms with Crippen LogP contribution in [-0.2, 0) is 4.79 Å². The van der Waals surface area contributed by atoms with Gasteiger partial charge in [-0.2, -0.15) is 0 Å². The van der Waals surface area contributed by atoms with Crippen molar-refractivity contribution in [1.82, 2.24) is 4.57 Å². The lowest BCUT2D eigenvalue weighted by atomic mass is 10.0. The second-order valence-corrected chi connectivity index (χ2v) is 5.68. The molecule has 136 valence electrons. The molecule has 0 aliphatic carbocycles. The molecule has 0 spiro atoms. The van der Waals surface area contributed by atoms with Gasteiger partial charge in [0.25, 0.3) is 5.56 Å². The number of carbonyl (C=O) groups excluding carboxylic acids is 1. The topological polar surface area (TPSA) is 112 Å². The van der Waals surface area contributed by atoms with E-state index in [1.807, 2.05) is 0 Å². The molecule has 0 saturated heterocycles. The van der Waals surface area contributed by atoms with Gasteiger partial charge in [0, 0.05) is 11.6 Å². The maximum Gasteiger partial charge on any atom is 0.341 e. The van der Waals surface area contributed by atoms with Gasteiger partial charge in [-0.05, 0) is 30.3 Å². The van der Waals surface area contributed by atoms with Gasteiger partial charge in [0.15, 0.2) is 12.4 Å². The molecule has 0 amide bonds. The van der Waals surface area contributed by atoms with Crippen molar-refractivity contribution in [2.24, 2.45) is 0 Å². The van der Waals surface area contributed by atoms with Crippen LogP contribution in [0.4, 0.5) is 5.82 Å². The van der Waals surface area contributed by atoms with E-state index < -0.39 is 18.1 Å². The molecule has 2 aromatic carbocycles. The van der Waals surface area contributed by atoms with Gasteiger partial charge < -0.3 is 15.6 Å². The summed E-state index contributed by atoms with van der Waals surface area (Å²) in [5.41, 5.74) is 6.84. The van der Waals surface area contributed by atoms with Crippen molar-refractivity contribution in [3.8, 4) is 11.4 Å². The molecular formula is C20H16N2O5. The van der Waals surface area contributed by atoms with E-state index in [0.29, 0.717) is 17.0 Å². The Morgan fingerprint density at radius 3 is 2.26 bits per heavy atom. The number of carbonyl (C=O) groups is 2. The van der Waals surface area contributed by atoms with Crippen molar-refractivity contribution in [2.75, 3.05) is 12.3 Å². The van der Waals surface area contributed by atoms with Gasteiger partial charge >= 0.3 is 5.97 Å². The van der Waals surface area contributed by atoms with E-state index in [9.17, 15) is 14.4 Å². The fourth-order valence-corrected chi connectivity index (χ4v) is 2.59. The van der Waals surface area contributed by atoms with Gasteiger partial charge in [-0.1, -0.05) is 30.3 Å². The Morgan fingerprint density at radius 1 is 0.963 bits per heavy atom. The Bertz CT molecular complexity index is 1040. The number of carboxylic acid groups (broad SMARTS) is 1. The molecule has 0 bridgehead atoms. The minimum Gasteiger partial charge on any atom is -0.482 e. The first-order chi connectivity index (χ1) is 13.0. The monoisotopic (exact) mass is 364 g/mol. The van der Waals surface area contributed by atoms with Gasteiger partial charge in [-0.3, -0.25) is 14.2 Å². The van der Waals surface area contributed by atoms with Crippen LogP contribution in [0.15, 0.2) is 71.5 Å². The summed E-state index contributed by atoms with van der Waals surface area (Å²) in [6.07, 6.45) is 0. The van der Waals surface area contributed by atoms with Crippen LogP contribution in [0.5, 0.6) is 5.75 Å². The predicted molar refractivity (Wildman–Crippen MR) is 99.5 cm³/mol. The molecule has 27 heavy (non-hydrogen) atoms. The Balaban J connectivity index is 1.98. The second kappa shape index (κ2) is 7.57. The third kappa shape index (κ3) is 3.87. The quantitative estimate of drug-likeness (QED) is 0.648. The normalized spacial score (nSPS) is 10.4. The molecule has 0 saturated carbocycles. The van der Waals surface area contributed by atoms with E-state index in [-0.39, 0.29) is 17.2 Å². The maximum absolute atomic E-state index is 12.7. The number of nitrogens with two attached hydrogens (primary N) is 1. The number of hydrogen-bond donors (Lipinski definition) is 2. The van der Waals surface area contributed by atoms with Crippen LogP contribution < -0.4 is 16.0 Å². The Kier molecular flexibility index (Phi) is 5.03. The molecule has 1 heterocycles. The molecule has 0 fully saturated rings. The maximum atomic E-state index is 12.7. The van der Waals surface area contributed by atoms with E-state index in [4.69, 9.17) is 15.6 Å². The number of rotatable bonds is 6. The molecule has 0 aliphatic rings. The number of nitrogen functional groups attached to an aromatic ring is 1. The van der Waals surface area contributed by atoms with E-state index in [0.717, 1.165) is 0 Å². The molecule has 7 nitrogen and oxygen atoms in total. The third-order valence-corrected chi connectivity index (χ3v) is 3.87. The minimum atomic E-state index is -1.09. The van der Waals surface area contributed by atoms with Crippen molar-refractivity contribution >= 4 is 17.6 Å². The number of anilines is 1.